The third-order valence-electron chi connectivity index (χ3n) is 4.17. The van der Waals surface area contributed by atoms with Gasteiger partial charge in [-0.3, -0.25) is 4.79 Å². The number of anilines is 1. The molecule has 0 saturated carbocycles. The zero-order valence-corrected chi connectivity index (χ0v) is 15.7. The van der Waals surface area contributed by atoms with Crippen LogP contribution in [0.25, 0.3) is 0 Å². The van der Waals surface area contributed by atoms with E-state index in [1.807, 2.05) is 86.6 Å². The van der Waals surface area contributed by atoms with Crippen LogP contribution in [0.3, 0.4) is 0 Å². The average Bonchev–Trinajstić information content (AvgIpc) is 2.67. The van der Waals surface area contributed by atoms with Crippen LogP contribution in [0, 0.1) is 13.8 Å². The highest BCUT2D eigenvalue weighted by atomic mass is 16.5. The molecule has 0 fully saturated rings. The quantitative estimate of drug-likeness (QED) is 0.630. The first-order valence-electron chi connectivity index (χ1n) is 8.89. The summed E-state index contributed by atoms with van der Waals surface area (Å²) in [6.45, 7) is 5.69. The number of aryl methyl sites for hydroxylation is 2. The first kappa shape index (κ1) is 18.5. The minimum Gasteiger partial charge on any atom is -0.480 e. The molecule has 0 aromatic heterocycles. The number of hydrogen-bond donors (Lipinski definition) is 1. The van der Waals surface area contributed by atoms with Gasteiger partial charge in [-0.2, -0.15) is 0 Å². The number of nitrogens with one attached hydrogen (secondary N) is 1. The molecule has 1 N–H and O–H groups in total. The lowest BCUT2D eigenvalue weighted by molar-refractivity contribution is -0.122. The highest BCUT2D eigenvalue weighted by Crippen LogP contribution is 2.25. The third kappa shape index (κ3) is 4.88. The van der Waals surface area contributed by atoms with E-state index in [-0.39, 0.29) is 5.91 Å². The summed E-state index contributed by atoms with van der Waals surface area (Å²) in [4.78, 5) is 12.4. The number of ether oxygens (including phenoxy) is 2. The fourth-order valence-electron chi connectivity index (χ4n) is 2.69. The SMILES string of the molecule is Cc1cccc(C)c1OC(C)C(=O)Nc1ccc(Oc2ccccc2)cc1. The molecule has 1 amide bonds. The van der Waals surface area contributed by atoms with Crippen LogP contribution in [0.1, 0.15) is 18.1 Å². The zero-order valence-electron chi connectivity index (χ0n) is 15.7. The van der Waals surface area contributed by atoms with Crippen LogP contribution in [-0.4, -0.2) is 12.0 Å². The Labute approximate surface area is 159 Å². The Bertz CT molecular complexity index is 884. The Hall–Kier alpha value is -3.27. The third-order valence-corrected chi connectivity index (χ3v) is 4.17. The van der Waals surface area contributed by atoms with Crippen LogP contribution in [-0.2, 0) is 4.79 Å². The lowest BCUT2D eigenvalue weighted by Crippen LogP contribution is -2.30. The number of hydrogen-bond acceptors (Lipinski definition) is 3. The minimum absolute atomic E-state index is 0.200. The molecular formula is C23H23NO3. The molecule has 0 spiro atoms. The van der Waals surface area contributed by atoms with E-state index in [9.17, 15) is 4.79 Å². The van der Waals surface area contributed by atoms with Crippen molar-refractivity contribution < 1.29 is 14.3 Å². The highest BCUT2D eigenvalue weighted by Gasteiger charge is 2.17. The van der Waals surface area contributed by atoms with E-state index in [2.05, 4.69) is 5.32 Å². The summed E-state index contributed by atoms with van der Waals surface area (Å²) in [6, 6.07) is 22.7. The van der Waals surface area contributed by atoms with Crippen LogP contribution >= 0.6 is 0 Å². The predicted molar refractivity (Wildman–Crippen MR) is 108 cm³/mol. The molecule has 0 aliphatic carbocycles. The van der Waals surface area contributed by atoms with E-state index >= 15 is 0 Å². The average molecular weight is 361 g/mol. The van der Waals surface area contributed by atoms with Crippen LogP contribution in [0.5, 0.6) is 17.2 Å². The molecule has 0 heterocycles. The number of carbonyl (C=O) groups excluding carboxylic acids is 1. The van der Waals surface area contributed by atoms with Gasteiger partial charge in [-0.15, -0.1) is 0 Å². The van der Waals surface area contributed by atoms with Crippen LogP contribution in [0.15, 0.2) is 72.8 Å². The molecule has 3 aromatic rings. The summed E-state index contributed by atoms with van der Waals surface area (Å²) in [5, 5.41) is 2.87. The first-order chi connectivity index (χ1) is 13.0. The van der Waals surface area contributed by atoms with Crippen molar-refractivity contribution in [2.24, 2.45) is 0 Å². The van der Waals surface area contributed by atoms with Crippen LogP contribution in [0.2, 0.25) is 0 Å². The van der Waals surface area contributed by atoms with E-state index in [0.29, 0.717) is 11.4 Å². The fraction of sp³-hybridized carbons (Fsp3) is 0.174. The summed E-state index contributed by atoms with van der Waals surface area (Å²) in [6.07, 6.45) is -0.606. The fourth-order valence-corrected chi connectivity index (χ4v) is 2.69. The molecule has 1 atom stereocenters. The molecule has 4 nitrogen and oxygen atoms in total. The lowest BCUT2D eigenvalue weighted by Gasteiger charge is -2.18. The van der Waals surface area contributed by atoms with E-state index < -0.39 is 6.10 Å². The first-order valence-corrected chi connectivity index (χ1v) is 8.89. The molecule has 1 unspecified atom stereocenters. The van der Waals surface area contributed by atoms with Crippen molar-refractivity contribution in [2.75, 3.05) is 5.32 Å². The van der Waals surface area contributed by atoms with Gasteiger partial charge in [-0.05, 0) is 68.3 Å². The van der Waals surface area contributed by atoms with E-state index in [1.54, 1.807) is 6.92 Å². The van der Waals surface area contributed by atoms with Gasteiger partial charge in [-0.1, -0.05) is 36.4 Å². The molecule has 0 aliphatic heterocycles. The van der Waals surface area contributed by atoms with Crippen molar-refractivity contribution in [1.29, 1.82) is 0 Å². The van der Waals surface area contributed by atoms with Gasteiger partial charge in [0, 0.05) is 5.69 Å². The van der Waals surface area contributed by atoms with Crippen LogP contribution in [0.4, 0.5) is 5.69 Å². The largest absolute Gasteiger partial charge is 0.480 e. The van der Waals surface area contributed by atoms with Crippen LogP contribution < -0.4 is 14.8 Å². The standard InChI is InChI=1S/C23H23NO3/c1-16-8-7-9-17(2)22(16)26-18(3)23(25)24-19-12-14-21(15-13-19)27-20-10-5-4-6-11-20/h4-15,18H,1-3H3,(H,24,25). The summed E-state index contributed by atoms with van der Waals surface area (Å²) in [7, 11) is 0. The molecule has 3 aromatic carbocycles. The van der Waals surface area contributed by atoms with Crippen molar-refractivity contribution in [3.05, 3.63) is 83.9 Å². The van der Waals surface area contributed by atoms with E-state index in [0.717, 1.165) is 22.6 Å². The number of benzene rings is 3. The van der Waals surface area contributed by atoms with E-state index in [4.69, 9.17) is 9.47 Å². The Morgan fingerprint density at radius 2 is 1.41 bits per heavy atom. The van der Waals surface area contributed by atoms with Gasteiger partial charge in [0.2, 0.25) is 0 Å². The maximum atomic E-state index is 12.4. The van der Waals surface area contributed by atoms with Gasteiger partial charge >= 0.3 is 0 Å². The molecule has 0 bridgehead atoms. The minimum atomic E-state index is -0.606. The predicted octanol–water partition coefficient (Wildman–Crippen LogP) is 5.50. The normalized spacial score (nSPS) is 11.5. The van der Waals surface area contributed by atoms with Gasteiger partial charge in [0.05, 0.1) is 0 Å². The van der Waals surface area contributed by atoms with Gasteiger partial charge in [0.15, 0.2) is 6.10 Å². The topological polar surface area (TPSA) is 47.6 Å². The Kier molecular flexibility index (Phi) is 5.77. The molecule has 138 valence electrons. The molecule has 3 rings (SSSR count). The molecule has 0 saturated heterocycles. The van der Waals surface area contributed by atoms with Gasteiger partial charge < -0.3 is 14.8 Å². The number of para-hydroxylation sites is 2. The van der Waals surface area contributed by atoms with E-state index in [1.165, 1.54) is 0 Å². The van der Waals surface area contributed by atoms with Crippen molar-refractivity contribution in [3.63, 3.8) is 0 Å². The number of carbonyl (C=O) groups is 1. The highest BCUT2D eigenvalue weighted by molar-refractivity contribution is 5.94. The second-order valence-corrected chi connectivity index (χ2v) is 6.41. The maximum absolute atomic E-state index is 12.4. The lowest BCUT2D eigenvalue weighted by atomic mass is 10.1. The molecule has 0 aliphatic rings. The Morgan fingerprint density at radius 3 is 2.04 bits per heavy atom. The Balaban J connectivity index is 1.60. The van der Waals surface area contributed by atoms with Crippen molar-refractivity contribution in [3.8, 4) is 17.2 Å². The van der Waals surface area contributed by atoms with Gasteiger partial charge in [0.1, 0.15) is 17.2 Å². The summed E-state index contributed by atoms with van der Waals surface area (Å²) in [5.41, 5.74) is 2.71. The number of rotatable bonds is 6. The smallest absolute Gasteiger partial charge is 0.265 e. The van der Waals surface area contributed by atoms with Gasteiger partial charge in [-0.25, -0.2) is 0 Å². The monoisotopic (exact) mass is 361 g/mol. The molecule has 4 heteroatoms. The number of amides is 1. The molecule has 27 heavy (non-hydrogen) atoms. The second-order valence-electron chi connectivity index (χ2n) is 6.41. The van der Waals surface area contributed by atoms with Crippen molar-refractivity contribution in [2.45, 2.75) is 26.9 Å². The second kappa shape index (κ2) is 8.41. The summed E-state index contributed by atoms with van der Waals surface area (Å²) < 4.78 is 11.6. The van der Waals surface area contributed by atoms with Gasteiger partial charge in [0.25, 0.3) is 5.91 Å². The summed E-state index contributed by atoms with van der Waals surface area (Å²) in [5.74, 6) is 2.03. The van der Waals surface area contributed by atoms with Crippen molar-refractivity contribution in [1.82, 2.24) is 0 Å². The molecular weight excluding hydrogens is 338 g/mol. The zero-order chi connectivity index (χ0) is 19.2. The van der Waals surface area contributed by atoms with Crippen molar-refractivity contribution >= 4 is 11.6 Å². The summed E-state index contributed by atoms with van der Waals surface area (Å²) >= 11 is 0. The maximum Gasteiger partial charge on any atom is 0.265 e. The Morgan fingerprint density at radius 1 is 0.815 bits per heavy atom. The molecule has 0 radical (unpaired) electrons.